The second-order valence-corrected chi connectivity index (χ2v) is 9.85. The third-order valence-corrected chi connectivity index (χ3v) is 6.15. The van der Waals surface area contributed by atoms with Gasteiger partial charge < -0.3 is 10.2 Å². The van der Waals surface area contributed by atoms with E-state index in [1.165, 1.54) is 11.1 Å². The number of thioether (sulfide) groups is 1. The molecule has 1 N–H and O–H groups in total. The van der Waals surface area contributed by atoms with Gasteiger partial charge in [0.15, 0.2) is 0 Å². The third kappa shape index (κ3) is 8.15. The highest BCUT2D eigenvalue weighted by Crippen LogP contribution is 2.18. The molecule has 0 saturated carbocycles. The lowest BCUT2D eigenvalue weighted by Crippen LogP contribution is -2.48. The van der Waals surface area contributed by atoms with Gasteiger partial charge in [-0.1, -0.05) is 71.7 Å². The molecule has 0 aromatic heterocycles. The zero-order chi connectivity index (χ0) is 22.1. The molecule has 0 radical (unpaired) electrons. The van der Waals surface area contributed by atoms with Crippen molar-refractivity contribution in [3.05, 3.63) is 69.7 Å². The summed E-state index contributed by atoms with van der Waals surface area (Å²) in [6, 6.07) is 15.6. The van der Waals surface area contributed by atoms with Crippen molar-refractivity contribution in [1.29, 1.82) is 0 Å². The summed E-state index contributed by atoms with van der Waals surface area (Å²) in [6.45, 7) is 8.98. The van der Waals surface area contributed by atoms with E-state index in [4.69, 9.17) is 0 Å². The molecule has 1 unspecified atom stereocenters. The van der Waals surface area contributed by atoms with Gasteiger partial charge in [0.25, 0.3) is 0 Å². The normalized spacial score (nSPS) is 11.9. The number of nitrogens with zero attached hydrogens (tertiary/aromatic N) is 1. The van der Waals surface area contributed by atoms with Crippen LogP contribution < -0.4 is 5.32 Å². The summed E-state index contributed by atoms with van der Waals surface area (Å²) < 4.78 is 0.957. The Morgan fingerprint density at radius 2 is 1.77 bits per heavy atom. The fourth-order valence-electron chi connectivity index (χ4n) is 3.01. The molecule has 0 aliphatic rings. The summed E-state index contributed by atoms with van der Waals surface area (Å²) in [5, 5.41) is 2.95. The first-order valence-electron chi connectivity index (χ1n) is 10.2. The predicted octanol–water partition coefficient (Wildman–Crippen LogP) is 5.18. The molecule has 0 spiro atoms. The van der Waals surface area contributed by atoms with E-state index in [1.807, 2.05) is 30.3 Å². The average Bonchev–Trinajstić information content (AvgIpc) is 2.69. The Balaban J connectivity index is 2.06. The fourth-order valence-corrected chi connectivity index (χ4v) is 4.31. The van der Waals surface area contributed by atoms with Gasteiger partial charge in [-0.3, -0.25) is 9.59 Å². The topological polar surface area (TPSA) is 49.4 Å². The van der Waals surface area contributed by atoms with Gasteiger partial charge in [0, 0.05) is 23.3 Å². The van der Waals surface area contributed by atoms with Crippen LogP contribution in [0.2, 0.25) is 0 Å². The first-order valence-corrected chi connectivity index (χ1v) is 12.2. The molecule has 2 aromatic rings. The van der Waals surface area contributed by atoms with E-state index in [2.05, 4.69) is 60.2 Å². The predicted molar refractivity (Wildman–Crippen MR) is 129 cm³/mol. The molecule has 1 atom stereocenters. The van der Waals surface area contributed by atoms with Crippen LogP contribution in [-0.4, -0.2) is 35.1 Å². The molecule has 0 fully saturated rings. The molecule has 0 aliphatic heterocycles. The second kappa shape index (κ2) is 12.2. The molecule has 162 valence electrons. The van der Waals surface area contributed by atoms with E-state index in [1.54, 1.807) is 23.6 Å². The molecular formula is C24H31BrN2O2S. The molecule has 2 aromatic carbocycles. The maximum absolute atomic E-state index is 13.1. The van der Waals surface area contributed by atoms with Crippen LogP contribution in [0.1, 0.15) is 37.5 Å². The van der Waals surface area contributed by atoms with E-state index >= 15 is 0 Å². The number of hydrogen-bond donors (Lipinski definition) is 1. The number of rotatable bonds is 10. The number of nitrogens with one attached hydrogen (secondary N) is 1. The van der Waals surface area contributed by atoms with Crippen LogP contribution in [0.25, 0.3) is 0 Å². The first-order chi connectivity index (χ1) is 14.3. The number of carbonyl (C=O) groups is 2. The van der Waals surface area contributed by atoms with Crippen LogP contribution in [0.15, 0.2) is 53.0 Å². The van der Waals surface area contributed by atoms with Gasteiger partial charge in [-0.15, -0.1) is 11.8 Å². The van der Waals surface area contributed by atoms with Gasteiger partial charge >= 0.3 is 0 Å². The Kier molecular flexibility index (Phi) is 9.92. The molecule has 0 heterocycles. The van der Waals surface area contributed by atoms with Gasteiger partial charge in [-0.2, -0.15) is 0 Å². The first kappa shape index (κ1) is 24.5. The summed E-state index contributed by atoms with van der Waals surface area (Å²) in [4.78, 5) is 27.4. The Morgan fingerprint density at radius 1 is 1.07 bits per heavy atom. The Bertz CT molecular complexity index is 857. The largest absolute Gasteiger partial charge is 0.354 e. The van der Waals surface area contributed by atoms with Gasteiger partial charge in [0.2, 0.25) is 11.8 Å². The molecular weight excluding hydrogens is 460 g/mol. The number of carbonyl (C=O) groups excluding carboxylic acids is 2. The molecule has 4 nitrogen and oxygen atoms in total. The Morgan fingerprint density at radius 3 is 2.43 bits per heavy atom. The maximum atomic E-state index is 13.1. The standard InChI is InChI=1S/C24H31BrN2O2S/c1-17(2)13-26-24(29)19(4)27(14-20-8-6-10-22(25)12-20)23(28)16-30-15-21-9-5-7-18(3)11-21/h5-12,17,19H,13-16H2,1-4H3,(H,26,29). The highest BCUT2D eigenvalue weighted by Gasteiger charge is 2.26. The smallest absolute Gasteiger partial charge is 0.242 e. The molecule has 0 aliphatic carbocycles. The summed E-state index contributed by atoms with van der Waals surface area (Å²) in [7, 11) is 0. The van der Waals surface area contributed by atoms with Crippen molar-refractivity contribution >= 4 is 39.5 Å². The van der Waals surface area contributed by atoms with E-state index in [9.17, 15) is 9.59 Å². The number of aryl methyl sites for hydroxylation is 1. The van der Waals surface area contributed by atoms with Crippen LogP contribution in [0.5, 0.6) is 0 Å². The van der Waals surface area contributed by atoms with Gasteiger partial charge in [-0.05, 0) is 43.0 Å². The van der Waals surface area contributed by atoms with E-state index in [-0.39, 0.29) is 11.8 Å². The van der Waals surface area contributed by atoms with Gasteiger partial charge in [0.1, 0.15) is 6.04 Å². The number of benzene rings is 2. The Labute approximate surface area is 192 Å². The van der Waals surface area contributed by atoms with Gasteiger partial charge in [-0.25, -0.2) is 0 Å². The number of hydrogen-bond acceptors (Lipinski definition) is 3. The lowest BCUT2D eigenvalue weighted by Gasteiger charge is -2.29. The van der Waals surface area contributed by atoms with Crippen molar-refractivity contribution in [2.75, 3.05) is 12.3 Å². The number of amides is 2. The SMILES string of the molecule is Cc1cccc(CSCC(=O)N(Cc2cccc(Br)c2)C(C)C(=O)NCC(C)C)c1. The number of halogens is 1. The minimum absolute atomic E-state index is 0.0279. The van der Waals surface area contributed by atoms with Crippen molar-refractivity contribution in [2.45, 2.75) is 46.0 Å². The minimum Gasteiger partial charge on any atom is -0.354 e. The summed E-state index contributed by atoms with van der Waals surface area (Å²) in [5.74, 6) is 1.33. The van der Waals surface area contributed by atoms with E-state index in [0.29, 0.717) is 24.8 Å². The zero-order valence-corrected chi connectivity index (χ0v) is 20.6. The molecule has 6 heteroatoms. The fraction of sp³-hybridized carbons (Fsp3) is 0.417. The highest BCUT2D eigenvalue weighted by atomic mass is 79.9. The summed E-state index contributed by atoms with van der Waals surface area (Å²) in [5.41, 5.74) is 3.41. The van der Waals surface area contributed by atoms with Gasteiger partial charge in [0.05, 0.1) is 5.75 Å². The summed E-state index contributed by atoms with van der Waals surface area (Å²) >= 11 is 5.06. The quantitative estimate of drug-likeness (QED) is 0.498. The van der Waals surface area contributed by atoms with Crippen molar-refractivity contribution < 1.29 is 9.59 Å². The maximum Gasteiger partial charge on any atom is 0.242 e. The van der Waals surface area contributed by atoms with Crippen molar-refractivity contribution in [2.24, 2.45) is 5.92 Å². The van der Waals surface area contributed by atoms with Crippen molar-refractivity contribution in [3.8, 4) is 0 Å². The third-order valence-electron chi connectivity index (χ3n) is 4.67. The molecule has 2 rings (SSSR count). The van der Waals surface area contributed by atoms with E-state index in [0.717, 1.165) is 15.8 Å². The molecule has 30 heavy (non-hydrogen) atoms. The highest BCUT2D eigenvalue weighted by molar-refractivity contribution is 9.10. The van der Waals surface area contributed by atoms with Crippen LogP contribution in [0.3, 0.4) is 0 Å². The van der Waals surface area contributed by atoms with Crippen LogP contribution >= 0.6 is 27.7 Å². The minimum atomic E-state index is -0.533. The molecule has 2 amide bonds. The Hall–Kier alpha value is -1.79. The van der Waals surface area contributed by atoms with Crippen LogP contribution in [0.4, 0.5) is 0 Å². The van der Waals surface area contributed by atoms with Crippen LogP contribution in [0, 0.1) is 12.8 Å². The monoisotopic (exact) mass is 490 g/mol. The molecule has 0 saturated heterocycles. The second-order valence-electron chi connectivity index (χ2n) is 7.95. The van der Waals surface area contributed by atoms with E-state index < -0.39 is 6.04 Å². The van der Waals surface area contributed by atoms with Crippen molar-refractivity contribution in [1.82, 2.24) is 10.2 Å². The lowest BCUT2D eigenvalue weighted by atomic mass is 10.1. The lowest BCUT2D eigenvalue weighted by molar-refractivity contribution is -0.138. The summed E-state index contributed by atoms with van der Waals surface area (Å²) in [6.07, 6.45) is 0. The van der Waals surface area contributed by atoms with Crippen LogP contribution in [-0.2, 0) is 21.9 Å². The zero-order valence-electron chi connectivity index (χ0n) is 18.2. The van der Waals surface area contributed by atoms with Crippen molar-refractivity contribution in [3.63, 3.8) is 0 Å². The average molecular weight is 491 g/mol. The molecule has 0 bridgehead atoms.